The van der Waals surface area contributed by atoms with Crippen molar-refractivity contribution in [1.82, 2.24) is 4.57 Å². The molecule has 3 aromatic rings. The predicted octanol–water partition coefficient (Wildman–Crippen LogP) is 2.69. The number of thiophene rings is 1. The number of rotatable bonds is 4. The van der Waals surface area contributed by atoms with E-state index in [9.17, 15) is 9.59 Å². The monoisotopic (exact) mass is 362 g/mol. The lowest BCUT2D eigenvalue weighted by molar-refractivity contribution is -0.141. The van der Waals surface area contributed by atoms with Crippen molar-refractivity contribution in [3.8, 4) is 5.75 Å². The van der Waals surface area contributed by atoms with Crippen LogP contribution in [0.3, 0.4) is 0 Å². The Kier molecular flexibility index (Phi) is 4.77. The molecule has 8 heteroatoms. The SMILES string of the molecule is COC(=O)Cn1c(=NC(=O)c2cccs2)sc2cccc(OC)c21. The molecule has 0 atom stereocenters. The van der Waals surface area contributed by atoms with Crippen molar-refractivity contribution in [2.45, 2.75) is 6.54 Å². The van der Waals surface area contributed by atoms with Crippen LogP contribution in [0.25, 0.3) is 10.2 Å². The van der Waals surface area contributed by atoms with Crippen molar-refractivity contribution in [2.24, 2.45) is 4.99 Å². The normalized spacial score (nSPS) is 11.7. The van der Waals surface area contributed by atoms with Crippen LogP contribution in [-0.2, 0) is 16.1 Å². The Morgan fingerprint density at radius 2 is 2.04 bits per heavy atom. The molecule has 124 valence electrons. The highest BCUT2D eigenvalue weighted by atomic mass is 32.1. The number of methoxy groups -OCH3 is 2. The van der Waals surface area contributed by atoms with Gasteiger partial charge < -0.3 is 14.0 Å². The van der Waals surface area contributed by atoms with Gasteiger partial charge in [0.2, 0.25) is 0 Å². The molecule has 0 fully saturated rings. The number of para-hydroxylation sites is 1. The van der Waals surface area contributed by atoms with E-state index in [1.54, 1.807) is 29.9 Å². The number of carbonyl (C=O) groups excluding carboxylic acids is 2. The molecule has 3 rings (SSSR count). The molecule has 0 N–H and O–H groups in total. The van der Waals surface area contributed by atoms with Crippen molar-refractivity contribution in [2.75, 3.05) is 14.2 Å². The molecular weight excluding hydrogens is 348 g/mol. The molecular formula is C16H14N2O4S2. The van der Waals surface area contributed by atoms with Crippen LogP contribution >= 0.6 is 22.7 Å². The van der Waals surface area contributed by atoms with E-state index >= 15 is 0 Å². The van der Waals surface area contributed by atoms with Crippen LogP contribution in [-0.4, -0.2) is 30.7 Å². The van der Waals surface area contributed by atoms with Crippen LogP contribution < -0.4 is 9.54 Å². The average Bonchev–Trinajstić information content (AvgIpc) is 3.23. The number of thiazole rings is 1. The summed E-state index contributed by atoms with van der Waals surface area (Å²) in [6.45, 7) is -0.0482. The molecule has 0 aliphatic carbocycles. The van der Waals surface area contributed by atoms with Gasteiger partial charge in [-0.05, 0) is 23.6 Å². The van der Waals surface area contributed by atoms with Crippen molar-refractivity contribution >= 4 is 44.8 Å². The summed E-state index contributed by atoms with van der Waals surface area (Å²) >= 11 is 2.65. The maximum Gasteiger partial charge on any atom is 0.325 e. The molecule has 0 radical (unpaired) electrons. The zero-order chi connectivity index (χ0) is 17.1. The largest absolute Gasteiger partial charge is 0.495 e. The molecule has 2 aromatic heterocycles. The Bertz CT molecular complexity index is 954. The highest BCUT2D eigenvalue weighted by Gasteiger charge is 2.15. The van der Waals surface area contributed by atoms with E-state index in [4.69, 9.17) is 9.47 Å². The zero-order valence-electron chi connectivity index (χ0n) is 13.0. The van der Waals surface area contributed by atoms with Crippen LogP contribution in [0.5, 0.6) is 5.75 Å². The lowest BCUT2D eigenvalue weighted by atomic mass is 10.3. The van der Waals surface area contributed by atoms with Gasteiger partial charge in [-0.15, -0.1) is 11.3 Å². The molecule has 1 aromatic carbocycles. The second-order valence-electron chi connectivity index (χ2n) is 4.75. The Labute approximate surface area is 145 Å². The third-order valence-corrected chi connectivity index (χ3v) is 5.23. The Morgan fingerprint density at radius 3 is 2.71 bits per heavy atom. The minimum atomic E-state index is -0.425. The lowest BCUT2D eigenvalue weighted by Gasteiger charge is -2.07. The number of ether oxygens (including phenoxy) is 2. The number of benzene rings is 1. The van der Waals surface area contributed by atoms with E-state index in [0.29, 0.717) is 20.9 Å². The fraction of sp³-hybridized carbons (Fsp3) is 0.188. The minimum Gasteiger partial charge on any atom is -0.495 e. The first kappa shape index (κ1) is 16.4. The molecule has 6 nitrogen and oxygen atoms in total. The number of hydrogen-bond acceptors (Lipinski definition) is 6. The van der Waals surface area contributed by atoms with Gasteiger partial charge >= 0.3 is 5.97 Å². The first-order chi connectivity index (χ1) is 11.6. The van der Waals surface area contributed by atoms with E-state index in [0.717, 1.165) is 4.70 Å². The maximum absolute atomic E-state index is 12.3. The van der Waals surface area contributed by atoms with Crippen LogP contribution in [0.2, 0.25) is 0 Å². The van der Waals surface area contributed by atoms with E-state index in [1.807, 2.05) is 17.5 Å². The minimum absolute atomic E-state index is 0.0482. The van der Waals surface area contributed by atoms with Gasteiger partial charge in [-0.25, -0.2) is 0 Å². The lowest BCUT2D eigenvalue weighted by Crippen LogP contribution is -2.22. The van der Waals surface area contributed by atoms with Gasteiger partial charge in [-0.3, -0.25) is 9.59 Å². The van der Waals surface area contributed by atoms with Gasteiger partial charge in [-0.2, -0.15) is 4.99 Å². The first-order valence-electron chi connectivity index (χ1n) is 6.99. The summed E-state index contributed by atoms with van der Waals surface area (Å²) in [4.78, 5) is 29.3. The summed E-state index contributed by atoms with van der Waals surface area (Å²) < 4.78 is 12.7. The molecule has 0 bridgehead atoms. The van der Waals surface area contributed by atoms with Gasteiger partial charge in [0, 0.05) is 0 Å². The van der Waals surface area contributed by atoms with E-state index in [1.165, 1.54) is 29.8 Å². The summed E-state index contributed by atoms with van der Waals surface area (Å²) in [6, 6.07) is 9.06. The summed E-state index contributed by atoms with van der Waals surface area (Å²) in [5.74, 6) is -0.155. The quantitative estimate of drug-likeness (QED) is 0.669. The van der Waals surface area contributed by atoms with Crippen molar-refractivity contribution in [3.63, 3.8) is 0 Å². The van der Waals surface area contributed by atoms with Crippen LogP contribution in [0, 0.1) is 0 Å². The molecule has 0 unspecified atom stereocenters. The van der Waals surface area contributed by atoms with Crippen molar-refractivity contribution in [1.29, 1.82) is 0 Å². The topological polar surface area (TPSA) is 69.9 Å². The molecule has 0 spiro atoms. The number of nitrogens with zero attached hydrogens (tertiary/aromatic N) is 2. The Balaban J connectivity index is 2.21. The molecule has 2 heterocycles. The molecule has 0 aliphatic heterocycles. The highest BCUT2D eigenvalue weighted by Crippen LogP contribution is 2.27. The average molecular weight is 362 g/mol. The number of esters is 1. The second-order valence-corrected chi connectivity index (χ2v) is 6.70. The molecule has 0 saturated heterocycles. The van der Waals surface area contributed by atoms with E-state index in [2.05, 4.69) is 4.99 Å². The van der Waals surface area contributed by atoms with Crippen molar-refractivity contribution in [3.05, 3.63) is 45.4 Å². The number of aromatic nitrogens is 1. The predicted molar refractivity (Wildman–Crippen MR) is 92.6 cm³/mol. The fourth-order valence-electron chi connectivity index (χ4n) is 2.23. The molecule has 0 saturated carbocycles. The van der Waals surface area contributed by atoms with Crippen molar-refractivity contribution < 1.29 is 19.1 Å². The van der Waals surface area contributed by atoms with Crippen LogP contribution in [0.1, 0.15) is 9.67 Å². The number of amides is 1. The van der Waals surface area contributed by atoms with Gasteiger partial charge in [0.05, 0.1) is 23.8 Å². The van der Waals surface area contributed by atoms with Crippen LogP contribution in [0.15, 0.2) is 40.7 Å². The van der Waals surface area contributed by atoms with Gasteiger partial charge in [-0.1, -0.05) is 23.5 Å². The molecule has 24 heavy (non-hydrogen) atoms. The fourth-order valence-corrected chi connectivity index (χ4v) is 3.88. The number of fused-ring (bicyclic) bond motifs is 1. The summed E-state index contributed by atoms with van der Waals surface area (Å²) in [5.41, 5.74) is 0.716. The van der Waals surface area contributed by atoms with Gasteiger partial charge in [0.1, 0.15) is 17.8 Å². The van der Waals surface area contributed by atoms with Gasteiger partial charge in [0.15, 0.2) is 4.80 Å². The summed E-state index contributed by atoms with van der Waals surface area (Å²) in [6.07, 6.45) is 0. The highest BCUT2D eigenvalue weighted by molar-refractivity contribution is 7.16. The number of hydrogen-bond donors (Lipinski definition) is 0. The smallest absolute Gasteiger partial charge is 0.325 e. The summed E-state index contributed by atoms with van der Waals surface area (Å²) in [7, 11) is 2.88. The number of carbonyl (C=O) groups is 2. The second kappa shape index (κ2) is 6.98. The maximum atomic E-state index is 12.3. The third kappa shape index (κ3) is 3.10. The van der Waals surface area contributed by atoms with E-state index < -0.39 is 5.97 Å². The molecule has 1 amide bonds. The first-order valence-corrected chi connectivity index (χ1v) is 8.69. The van der Waals surface area contributed by atoms with Crippen LogP contribution in [0.4, 0.5) is 0 Å². The van der Waals surface area contributed by atoms with Gasteiger partial charge in [0.25, 0.3) is 5.91 Å². The zero-order valence-corrected chi connectivity index (χ0v) is 14.6. The Hall–Kier alpha value is -2.45. The third-order valence-electron chi connectivity index (χ3n) is 3.33. The standard InChI is InChI=1S/C16H14N2O4S2/c1-21-10-5-3-6-11-14(10)18(9-13(19)22-2)16(24-11)17-15(20)12-7-4-8-23-12/h3-8H,9H2,1-2H3. The Morgan fingerprint density at radius 1 is 1.21 bits per heavy atom. The summed E-state index contributed by atoms with van der Waals surface area (Å²) in [5, 5.41) is 1.82. The molecule has 0 aliphatic rings. The van der Waals surface area contributed by atoms with E-state index in [-0.39, 0.29) is 12.5 Å².